The molecule has 3 rings (SSSR count). The summed E-state index contributed by atoms with van der Waals surface area (Å²) in [4.78, 5) is 12.3. The number of hydrogen-bond acceptors (Lipinski definition) is 5. The second-order valence-corrected chi connectivity index (χ2v) is 8.07. The first-order valence-electron chi connectivity index (χ1n) is 8.64. The van der Waals surface area contributed by atoms with E-state index in [1.165, 1.54) is 11.8 Å². The van der Waals surface area contributed by atoms with Crippen LogP contribution in [0, 0.1) is 0 Å². The summed E-state index contributed by atoms with van der Waals surface area (Å²) in [6.07, 6.45) is 0. The Hall–Kier alpha value is -1.93. The number of nitrogens with one attached hydrogen (secondary N) is 1. The number of aromatic nitrogens is 3. The number of carbonyl (C=O) groups is 1. The molecule has 0 fully saturated rings. The molecule has 0 saturated carbocycles. The second kappa shape index (κ2) is 10.2. The van der Waals surface area contributed by atoms with Gasteiger partial charge in [-0.15, -0.1) is 10.2 Å². The van der Waals surface area contributed by atoms with Gasteiger partial charge >= 0.3 is 0 Å². The maximum absolute atomic E-state index is 12.3. The summed E-state index contributed by atoms with van der Waals surface area (Å²) < 4.78 is 7.64. The standard InChI is InChI=1S/C19H17Cl3N4O2S/c1-2-26-17(10-28-14-6-3-12(20)4-7-14)24-25-19(26)29-11-18(27)23-16-8-5-13(21)9-15(16)22/h3-9H,2,10-11H2,1H3,(H,23,27). The second-order valence-electron chi connectivity index (χ2n) is 5.85. The minimum absolute atomic E-state index is 0.162. The summed E-state index contributed by atoms with van der Waals surface area (Å²) in [5, 5.41) is 13.3. The molecule has 0 unspecified atom stereocenters. The normalized spacial score (nSPS) is 10.8. The molecule has 1 heterocycles. The van der Waals surface area contributed by atoms with Gasteiger partial charge < -0.3 is 14.6 Å². The van der Waals surface area contributed by atoms with Gasteiger partial charge in [0.25, 0.3) is 0 Å². The van der Waals surface area contributed by atoms with Gasteiger partial charge in [0.05, 0.1) is 16.5 Å². The molecule has 0 aliphatic rings. The van der Waals surface area contributed by atoms with Crippen molar-refractivity contribution in [1.82, 2.24) is 14.8 Å². The van der Waals surface area contributed by atoms with Gasteiger partial charge in [0.1, 0.15) is 12.4 Å². The monoisotopic (exact) mass is 470 g/mol. The lowest BCUT2D eigenvalue weighted by molar-refractivity contribution is -0.113. The van der Waals surface area contributed by atoms with E-state index in [1.54, 1.807) is 42.5 Å². The number of thioether (sulfide) groups is 1. The first-order chi connectivity index (χ1) is 14.0. The lowest BCUT2D eigenvalue weighted by Gasteiger charge is -2.09. The average molecular weight is 472 g/mol. The van der Waals surface area contributed by atoms with Crippen LogP contribution in [-0.4, -0.2) is 26.4 Å². The summed E-state index contributed by atoms with van der Waals surface area (Å²) >= 11 is 19.1. The van der Waals surface area contributed by atoms with Gasteiger partial charge in [0.2, 0.25) is 5.91 Å². The van der Waals surface area contributed by atoms with E-state index in [-0.39, 0.29) is 18.3 Å². The summed E-state index contributed by atoms with van der Waals surface area (Å²) in [5.41, 5.74) is 0.510. The number of halogens is 3. The van der Waals surface area contributed by atoms with Crippen LogP contribution in [0.3, 0.4) is 0 Å². The molecule has 6 nitrogen and oxygen atoms in total. The van der Waals surface area contributed by atoms with E-state index in [1.807, 2.05) is 11.5 Å². The number of benzene rings is 2. The Labute approximate surface area is 187 Å². The van der Waals surface area contributed by atoms with Gasteiger partial charge in [-0.1, -0.05) is 46.6 Å². The van der Waals surface area contributed by atoms with Gasteiger partial charge in [-0.05, 0) is 49.4 Å². The highest BCUT2D eigenvalue weighted by Gasteiger charge is 2.14. The molecule has 0 spiro atoms. The first-order valence-corrected chi connectivity index (χ1v) is 10.8. The first kappa shape index (κ1) is 21.8. The number of carbonyl (C=O) groups excluding carboxylic acids is 1. The Balaban J connectivity index is 1.58. The number of nitrogens with zero attached hydrogens (tertiary/aromatic N) is 3. The third-order valence-electron chi connectivity index (χ3n) is 3.83. The molecule has 0 radical (unpaired) electrons. The topological polar surface area (TPSA) is 69.0 Å². The quantitative estimate of drug-likeness (QED) is 0.435. The maximum Gasteiger partial charge on any atom is 0.234 e. The van der Waals surface area contributed by atoms with Crippen molar-refractivity contribution in [3.8, 4) is 5.75 Å². The van der Waals surface area contributed by atoms with Crippen molar-refractivity contribution in [2.75, 3.05) is 11.1 Å². The van der Waals surface area contributed by atoms with Crippen molar-refractivity contribution in [2.45, 2.75) is 25.2 Å². The third kappa shape index (κ3) is 6.02. The minimum Gasteiger partial charge on any atom is -0.486 e. The molecule has 1 amide bonds. The van der Waals surface area contributed by atoms with Gasteiger partial charge in [-0.3, -0.25) is 4.79 Å². The van der Waals surface area contributed by atoms with E-state index < -0.39 is 0 Å². The zero-order chi connectivity index (χ0) is 20.8. The molecule has 152 valence electrons. The highest BCUT2D eigenvalue weighted by molar-refractivity contribution is 7.99. The van der Waals surface area contributed by atoms with Crippen molar-refractivity contribution >= 4 is 58.2 Å². The molecular weight excluding hydrogens is 455 g/mol. The third-order valence-corrected chi connectivity index (χ3v) is 5.60. The summed E-state index contributed by atoms with van der Waals surface area (Å²) in [6.45, 7) is 2.89. The molecule has 1 aromatic heterocycles. The predicted molar refractivity (Wildman–Crippen MR) is 117 cm³/mol. The smallest absolute Gasteiger partial charge is 0.234 e. The molecule has 10 heteroatoms. The van der Waals surface area contributed by atoms with Crippen molar-refractivity contribution in [1.29, 1.82) is 0 Å². The van der Waals surface area contributed by atoms with Crippen LogP contribution in [0.1, 0.15) is 12.7 Å². The molecule has 3 aromatic rings. The number of rotatable bonds is 8. The molecular formula is C19H17Cl3N4O2S. The molecule has 1 N–H and O–H groups in total. The van der Waals surface area contributed by atoms with Gasteiger partial charge in [-0.25, -0.2) is 0 Å². The lowest BCUT2D eigenvalue weighted by atomic mass is 10.3. The molecule has 0 aliphatic heterocycles. The Bertz CT molecular complexity index is 996. The summed E-state index contributed by atoms with van der Waals surface area (Å²) in [6, 6.07) is 12.0. The van der Waals surface area contributed by atoms with Crippen LogP contribution >= 0.6 is 46.6 Å². The van der Waals surface area contributed by atoms with Crippen molar-refractivity contribution in [3.05, 3.63) is 63.4 Å². The fourth-order valence-electron chi connectivity index (χ4n) is 2.44. The van der Waals surface area contributed by atoms with Gasteiger partial charge in [0.15, 0.2) is 11.0 Å². The van der Waals surface area contributed by atoms with Crippen molar-refractivity contribution in [3.63, 3.8) is 0 Å². The maximum atomic E-state index is 12.3. The fraction of sp³-hybridized carbons (Fsp3) is 0.211. The van der Waals surface area contributed by atoms with Crippen LogP contribution in [0.5, 0.6) is 5.75 Å². The highest BCUT2D eigenvalue weighted by Crippen LogP contribution is 2.26. The zero-order valence-corrected chi connectivity index (χ0v) is 18.4. The van der Waals surface area contributed by atoms with E-state index in [0.717, 1.165) is 0 Å². The van der Waals surface area contributed by atoms with Crippen molar-refractivity contribution in [2.24, 2.45) is 0 Å². The van der Waals surface area contributed by atoms with Crippen LogP contribution in [0.15, 0.2) is 47.6 Å². The fourth-order valence-corrected chi connectivity index (χ4v) is 3.84. The van der Waals surface area contributed by atoms with Gasteiger partial charge in [0, 0.05) is 16.6 Å². The molecule has 0 saturated heterocycles. The largest absolute Gasteiger partial charge is 0.486 e. The SMILES string of the molecule is CCn1c(COc2ccc(Cl)cc2)nnc1SCC(=O)Nc1ccc(Cl)cc1Cl. The molecule has 29 heavy (non-hydrogen) atoms. The Morgan fingerprint density at radius 1 is 1.10 bits per heavy atom. The summed E-state index contributed by atoms with van der Waals surface area (Å²) in [7, 11) is 0. The van der Waals surface area contributed by atoms with E-state index in [9.17, 15) is 4.79 Å². The zero-order valence-electron chi connectivity index (χ0n) is 15.4. The van der Waals surface area contributed by atoms with Crippen molar-refractivity contribution < 1.29 is 9.53 Å². The van der Waals surface area contributed by atoms with Crippen LogP contribution in [0.2, 0.25) is 15.1 Å². The van der Waals surface area contributed by atoms with E-state index in [0.29, 0.717) is 44.0 Å². The number of amides is 1. The molecule has 0 bridgehead atoms. The number of hydrogen-bond donors (Lipinski definition) is 1. The molecule has 2 aromatic carbocycles. The Morgan fingerprint density at radius 2 is 1.83 bits per heavy atom. The Morgan fingerprint density at radius 3 is 2.52 bits per heavy atom. The molecule has 0 atom stereocenters. The van der Waals surface area contributed by atoms with Crippen LogP contribution < -0.4 is 10.1 Å². The van der Waals surface area contributed by atoms with Crippen LogP contribution in [-0.2, 0) is 17.9 Å². The highest BCUT2D eigenvalue weighted by atomic mass is 35.5. The lowest BCUT2D eigenvalue weighted by Crippen LogP contribution is -2.15. The van der Waals surface area contributed by atoms with Crippen LogP contribution in [0.25, 0.3) is 0 Å². The van der Waals surface area contributed by atoms with E-state index in [2.05, 4.69) is 15.5 Å². The number of ether oxygens (including phenoxy) is 1. The van der Waals surface area contributed by atoms with Gasteiger partial charge in [-0.2, -0.15) is 0 Å². The van der Waals surface area contributed by atoms with E-state index in [4.69, 9.17) is 39.5 Å². The summed E-state index contributed by atoms with van der Waals surface area (Å²) in [5.74, 6) is 1.32. The average Bonchev–Trinajstić information content (AvgIpc) is 3.10. The number of anilines is 1. The predicted octanol–water partition coefficient (Wildman–Crippen LogP) is 5.57. The minimum atomic E-state index is -0.205. The van der Waals surface area contributed by atoms with E-state index >= 15 is 0 Å². The Kier molecular flexibility index (Phi) is 7.66. The van der Waals surface area contributed by atoms with Crippen LogP contribution in [0.4, 0.5) is 5.69 Å². The molecule has 0 aliphatic carbocycles.